The van der Waals surface area contributed by atoms with Crippen LogP contribution in [0.4, 0.5) is 0 Å². The molecule has 0 bridgehead atoms. The van der Waals surface area contributed by atoms with E-state index in [1.54, 1.807) is 14.2 Å². The summed E-state index contributed by atoms with van der Waals surface area (Å²) in [5.41, 5.74) is 4.03. The molecule has 21 heavy (non-hydrogen) atoms. The van der Waals surface area contributed by atoms with Gasteiger partial charge in [-0.2, -0.15) is 0 Å². The van der Waals surface area contributed by atoms with Gasteiger partial charge >= 0.3 is 0 Å². The Balaban J connectivity index is 1.82. The van der Waals surface area contributed by atoms with Crippen molar-refractivity contribution in [3.05, 3.63) is 65.2 Å². The highest BCUT2D eigenvalue weighted by Gasteiger charge is 2.18. The van der Waals surface area contributed by atoms with Crippen LogP contribution in [0.5, 0.6) is 11.5 Å². The maximum atomic E-state index is 5.31. The van der Waals surface area contributed by atoms with Crippen molar-refractivity contribution in [3.63, 3.8) is 0 Å². The highest BCUT2D eigenvalue weighted by Crippen LogP contribution is 2.34. The average molecular weight is 280 g/mol. The summed E-state index contributed by atoms with van der Waals surface area (Å²) in [5.74, 6) is 2.36. The summed E-state index contributed by atoms with van der Waals surface area (Å²) in [5, 5.41) is 0. The minimum atomic E-state index is 0.532. The number of benzene rings is 2. The number of hydrogen-bond donors (Lipinski definition) is 0. The quantitative estimate of drug-likeness (QED) is 0.824. The summed E-state index contributed by atoms with van der Waals surface area (Å²) in [7, 11) is 3.41. The van der Waals surface area contributed by atoms with Crippen molar-refractivity contribution in [2.75, 3.05) is 14.2 Å². The van der Waals surface area contributed by atoms with Gasteiger partial charge in [-0.15, -0.1) is 0 Å². The second kappa shape index (κ2) is 6.04. The van der Waals surface area contributed by atoms with E-state index in [-0.39, 0.29) is 0 Å². The second-order valence-electron chi connectivity index (χ2n) is 5.38. The number of ether oxygens (including phenoxy) is 2. The Labute approximate surface area is 126 Å². The molecule has 2 nitrogen and oxygen atoms in total. The van der Waals surface area contributed by atoms with Gasteiger partial charge in [0.15, 0.2) is 0 Å². The normalized spacial score (nSPS) is 16.4. The monoisotopic (exact) mass is 280 g/mol. The lowest BCUT2D eigenvalue weighted by Gasteiger charge is -2.22. The van der Waals surface area contributed by atoms with Crippen LogP contribution in [-0.2, 0) is 6.42 Å². The average Bonchev–Trinajstić information content (AvgIpc) is 2.55. The molecule has 1 unspecified atom stereocenters. The number of allylic oxidation sites excluding steroid dienone is 1. The Kier molecular flexibility index (Phi) is 3.96. The van der Waals surface area contributed by atoms with Gasteiger partial charge in [-0.1, -0.05) is 30.4 Å². The third-order valence-electron chi connectivity index (χ3n) is 4.09. The van der Waals surface area contributed by atoms with Gasteiger partial charge in [0, 0.05) is 0 Å². The van der Waals surface area contributed by atoms with Crippen molar-refractivity contribution in [2.45, 2.75) is 18.8 Å². The van der Waals surface area contributed by atoms with Gasteiger partial charge in [0.05, 0.1) is 14.2 Å². The largest absolute Gasteiger partial charge is 0.497 e. The highest BCUT2D eigenvalue weighted by atomic mass is 16.5. The number of rotatable bonds is 4. The van der Waals surface area contributed by atoms with Crippen molar-refractivity contribution >= 4 is 6.08 Å². The van der Waals surface area contributed by atoms with Gasteiger partial charge in [0.25, 0.3) is 0 Å². The van der Waals surface area contributed by atoms with Crippen molar-refractivity contribution in [3.8, 4) is 11.5 Å². The number of methoxy groups -OCH3 is 2. The summed E-state index contributed by atoms with van der Waals surface area (Å²) in [6, 6.07) is 14.7. The van der Waals surface area contributed by atoms with Crippen molar-refractivity contribution < 1.29 is 9.47 Å². The van der Waals surface area contributed by atoms with E-state index in [0.717, 1.165) is 24.3 Å². The Morgan fingerprint density at radius 1 is 0.952 bits per heavy atom. The molecular weight excluding hydrogens is 260 g/mol. The molecule has 0 aliphatic heterocycles. The molecule has 0 saturated carbocycles. The summed E-state index contributed by atoms with van der Waals surface area (Å²) >= 11 is 0. The zero-order valence-electron chi connectivity index (χ0n) is 12.5. The van der Waals surface area contributed by atoms with Gasteiger partial charge in [0.2, 0.25) is 0 Å². The highest BCUT2D eigenvalue weighted by molar-refractivity contribution is 5.60. The molecule has 0 aromatic heterocycles. The van der Waals surface area contributed by atoms with E-state index in [1.807, 2.05) is 12.1 Å². The van der Waals surface area contributed by atoms with Crippen molar-refractivity contribution in [2.24, 2.45) is 0 Å². The first kappa shape index (κ1) is 13.7. The first-order valence-corrected chi connectivity index (χ1v) is 7.27. The van der Waals surface area contributed by atoms with Crippen LogP contribution in [0.3, 0.4) is 0 Å². The minimum Gasteiger partial charge on any atom is -0.497 e. The molecule has 0 radical (unpaired) electrons. The topological polar surface area (TPSA) is 18.5 Å². The molecule has 0 fully saturated rings. The summed E-state index contributed by atoms with van der Waals surface area (Å²) in [6.07, 6.45) is 6.59. The molecule has 2 heteroatoms. The van der Waals surface area contributed by atoms with E-state index in [0.29, 0.717) is 5.92 Å². The third-order valence-corrected chi connectivity index (χ3v) is 4.09. The fraction of sp³-hybridized carbons (Fsp3) is 0.263. The maximum absolute atomic E-state index is 5.31. The smallest absolute Gasteiger partial charge is 0.119 e. The Hall–Kier alpha value is -2.22. The summed E-state index contributed by atoms with van der Waals surface area (Å²) in [4.78, 5) is 0. The van der Waals surface area contributed by atoms with E-state index in [1.165, 1.54) is 16.7 Å². The summed E-state index contributed by atoms with van der Waals surface area (Å²) < 4.78 is 10.5. The lowest BCUT2D eigenvalue weighted by Crippen LogP contribution is -2.07. The number of fused-ring (bicyclic) bond motifs is 1. The third kappa shape index (κ3) is 2.94. The van der Waals surface area contributed by atoms with Crippen LogP contribution in [0.1, 0.15) is 29.0 Å². The van der Waals surface area contributed by atoms with Crippen LogP contribution >= 0.6 is 0 Å². The molecule has 0 N–H and O–H groups in total. The molecular formula is C19H20O2. The molecule has 0 saturated heterocycles. The zero-order chi connectivity index (χ0) is 14.7. The van der Waals surface area contributed by atoms with Crippen LogP contribution in [0, 0.1) is 0 Å². The second-order valence-corrected chi connectivity index (χ2v) is 5.38. The van der Waals surface area contributed by atoms with E-state index < -0.39 is 0 Å². The fourth-order valence-corrected chi connectivity index (χ4v) is 2.92. The molecule has 2 aromatic carbocycles. The first-order chi connectivity index (χ1) is 10.3. The van der Waals surface area contributed by atoms with Crippen LogP contribution in [0.2, 0.25) is 0 Å². The van der Waals surface area contributed by atoms with Crippen molar-refractivity contribution in [1.82, 2.24) is 0 Å². The fourth-order valence-electron chi connectivity index (χ4n) is 2.92. The van der Waals surface area contributed by atoms with Gasteiger partial charge in [-0.25, -0.2) is 0 Å². The standard InChI is InChI=1S/C19H20O2/c1-20-17-8-6-14(7-9-17)12-15-4-3-5-16-13-18(21-2)10-11-19(15)16/h3,5-11,13,15H,4,12H2,1-2H3. The molecule has 0 spiro atoms. The lowest BCUT2D eigenvalue weighted by atomic mass is 9.83. The minimum absolute atomic E-state index is 0.532. The Morgan fingerprint density at radius 3 is 2.38 bits per heavy atom. The van der Waals surface area contributed by atoms with Crippen LogP contribution < -0.4 is 9.47 Å². The van der Waals surface area contributed by atoms with Crippen LogP contribution in [-0.4, -0.2) is 14.2 Å². The Bertz CT molecular complexity index is 641. The molecule has 108 valence electrons. The molecule has 1 aliphatic rings. The molecule has 0 amide bonds. The van der Waals surface area contributed by atoms with E-state index in [4.69, 9.17) is 9.47 Å². The van der Waals surface area contributed by atoms with Crippen LogP contribution in [0.25, 0.3) is 6.08 Å². The van der Waals surface area contributed by atoms with Crippen LogP contribution in [0.15, 0.2) is 48.5 Å². The SMILES string of the molecule is COc1ccc(CC2CC=Cc3cc(OC)ccc32)cc1. The molecule has 2 aromatic rings. The molecule has 1 atom stereocenters. The molecule has 1 aliphatic carbocycles. The predicted octanol–water partition coefficient (Wildman–Crippen LogP) is 4.45. The summed E-state index contributed by atoms with van der Waals surface area (Å²) in [6.45, 7) is 0. The first-order valence-electron chi connectivity index (χ1n) is 7.27. The van der Waals surface area contributed by atoms with E-state index in [9.17, 15) is 0 Å². The molecule has 3 rings (SSSR count). The van der Waals surface area contributed by atoms with Gasteiger partial charge in [-0.3, -0.25) is 0 Å². The molecule has 0 heterocycles. The van der Waals surface area contributed by atoms with E-state index in [2.05, 4.69) is 42.5 Å². The number of hydrogen-bond acceptors (Lipinski definition) is 2. The van der Waals surface area contributed by atoms with Gasteiger partial charge < -0.3 is 9.47 Å². The predicted molar refractivity (Wildman–Crippen MR) is 86.1 cm³/mol. The lowest BCUT2D eigenvalue weighted by molar-refractivity contribution is 0.414. The van der Waals surface area contributed by atoms with Crippen molar-refractivity contribution in [1.29, 1.82) is 0 Å². The zero-order valence-corrected chi connectivity index (χ0v) is 12.5. The van der Waals surface area contributed by atoms with Gasteiger partial charge in [0.1, 0.15) is 11.5 Å². The maximum Gasteiger partial charge on any atom is 0.119 e. The van der Waals surface area contributed by atoms with Gasteiger partial charge in [-0.05, 0) is 59.7 Å². The van der Waals surface area contributed by atoms with E-state index >= 15 is 0 Å². The Morgan fingerprint density at radius 2 is 1.67 bits per heavy atom.